The summed E-state index contributed by atoms with van der Waals surface area (Å²) in [6, 6.07) is -0.212. The molecule has 0 saturated heterocycles. The average molecular weight is 217 g/mol. The number of esters is 1. The summed E-state index contributed by atoms with van der Waals surface area (Å²) in [5, 5.41) is 11.7. The van der Waals surface area contributed by atoms with Crippen molar-refractivity contribution in [3.8, 4) is 0 Å². The second-order valence-electron chi connectivity index (χ2n) is 3.48. The largest absolute Gasteiger partial charge is 0.465 e. The number of carbonyl (C=O) groups excluding carboxylic acids is 1. The van der Waals surface area contributed by atoms with Gasteiger partial charge < -0.3 is 15.2 Å². The summed E-state index contributed by atoms with van der Waals surface area (Å²) in [7, 11) is 0. The van der Waals surface area contributed by atoms with Crippen molar-refractivity contribution in [3.63, 3.8) is 0 Å². The summed E-state index contributed by atoms with van der Waals surface area (Å²) in [5.74, 6) is -0.177. The fourth-order valence-electron chi connectivity index (χ4n) is 1.31. The van der Waals surface area contributed by atoms with Gasteiger partial charge in [-0.1, -0.05) is 19.8 Å². The van der Waals surface area contributed by atoms with Crippen molar-refractivity contribution in [1.29, 1.82) is 0 Å². The van der Waals surface area contributed by atoms with Crippen molar-refractivity contribution in [2.45, 2.75) is 45.6 Å². The molecule has 0 saturated carbocycles. The van der Waals surface area contributed by atoms with Crippen molar-refractivity contribution in [2.75, 3.05) is 19.8 Å². The van der Waals surface area contributed by atoms with E-state index in [2.05, 4.69) is 12.2 Å². The van der Waals surface area contributed by atoms with E-state index in [1.807, 2.05) is 6.92 Å². The van der Waals surface area contributed by atoms with Gasteiger partial charge in [-0.25, -0.2) is 0 Å². The Bertz CT molecular complexity index is 162. The molecule has 0 aliphatic carbocycles. The summed E-state index contributed by atoms with van der Waals surface area (Å²) in [6.45, 7) is 5.13. The number of hydrogen-bond acceptors (Lipinski definition) is 4. The van der Waals surface area contributed by atoms with Gasteiger partial charge in [-0.15, -0.1) is 0 Å². The van der Waals surface area contributed by atoms with E-state index >= 15 is 0 Å². The van der Waals surface area contributed by atoms with E-state index in [1.165, 1.54) is 0 Å². The monoisotopic (exact) mass is 217 g/mol. The van der Waals surface area contributed by atoms with Crippen LogP contribution in [0.2, 0.25) is 0 Å². The average Bonchev–Trinajstić information content (AvgIpc) is 2.23. The van der Waals surface area contributed by atoms with Crippen molar-refractivity contribution in [3.05, 3.63) is 0 Å². The van der Waals surface area contributed by atoms with Gasteiger partial charge >= 0.3 is 5.97 Å². The van der Waals surface area contributed by atoms with E-state index in [4.69, 9.17) is 9.84 Å². The molecule has 4 heteroatoms. The maximum atomic E-state index is 11.5. The third-order valence-electron chi connectivity index (χ3n) is 2.14. The number of aliphatic hydroxyl groups excluding tert-OH is 1. The Hall–Kier alpha value is -0.610. The first-order valence-corrected chi connectivity index (χ1v) is 5.77. The Balaban J connectivity index is 3.87. The van der Waals surface area contributed by atoms with Crippen LogP contribution in [0.15, 0.2) is 0 Å². The van der Waals surface area contributed by atoms with Gasteiger partial charge in [0.15, 0.2) is 0 Å². The molecule has 4 nitrogen and oxygen atoms in total. The van der Waals surface area contributed by atoms with Crippen LogP contribution in [0.1, 0.15) is 39.5 Å². The first kappa shape index (κ1) is 14.4. The Morgan fingerprint density at radius 2 is 2.13 bits per heavy atom. The maximum Gasteiger partial charge on any atom is 0.323 e. The predicted octanol–water partition coefficient (Wildman–Crippen LogP) is 1.08. The molecule has 2 N–H and O–H groups in total. The summed E-state index contributed by atoms with van der Waals surface area (Å²) in [4.78, 5) is 11.5. The molecular weight excluding hydrogens is 194 g/mol. The van der Waals surface area contributed by atoms with Crippen molar-refractivity contribution < 1.29 is 14.6 Å². The Labute approximate surface area is 92.0 Å². The predicted molar refractivity (Wildman–Crippen MR) is 59.7 cm³/mol. The van der Waals surface area contributed by atoms with Gasteiger partial charge in [0.25, 0.3) is 0 Å². The van der Waals surface area contributed by atoms with Gasteiger partial charge in [-0.3, -0.25) is 4.79 Å². The highest BCUT2D eigenvalue weighted by molar-refractivity contribution is 5.75. The van der Waals surface area contributed by atoms with Gasteiger partial charge in [0, 0.05) is 6.61 Å². The third kappa shape index (κ3) is 7.33. The quantitative estimate of drug-likeness (QED) is 0.448. The zero-order valence-electron chi connectivity index (χ0n) is 9.79. The van der Waals surface area contributed by atoms with Gasteiger partial charge in [0.2, 0.25) is 0 Å². The number of rotatable bonds is 9. The minimum absolute atomic E-state index is 0.149. The summed E-state index contributed by atoms with van der Waals surface area (Å²) < 4.78 is 4.97. The zero-order chi connectivity index (χ0) is 11.5. The van der Waals surface area contributed by atoms with Crippen molar-refractivity contribution in [1.82, 2.24) is 5.32 Å². The topological polar surface area (TPSA) is 58.6 Å². The molecule has 0 aliphatic rings. The van der Waals surface area contributed by atoms with E-state index in [0.29, 0.717) is 19.6 Å². The molecule has 0 aromatic heterocycles. The number of ether oxygens (including phenoxy) is 1. The fraction of sp³-hybridized carbons (Fsp3) is 0.909. The van der Waals surface area contributed by atoms with E-state index in [-0.39, 0.29) is 18.6 Å². The van der Waals surface area contributed by atoms with Gasteiger partial charge in [-0.2, -0.15) is 0 Å². The Morgan fingerprint density at radius 1 is 1.40 bits per heavy atom. The molecular formula is C11H23NO3. The highest BCUT2D eigenvalue weighted by Gasteiger charge is 2.17. The summed E-state index contributed by atoms with van der Waals surface area (Å²) in [5.41, 5.74) is 0. The van der Waals surface area contributed by atoms with Gasteiger partial charge in [-0.05, 0) is 26.3 Å². The lowest BCUT2D eigenvalue weighted by atomic mass is 10.1. The van der Waals surface area contributed by atoms with Crippen LogP contribution >= 0.6 is 0 Å². The summed E-state index contributed by atoms with van der Waals surface area (Å²) >= 11 is 0. The first-order chi connectivity index (χ1) is 7.26. The molecule has 1 atom stereocenters. The van der Waals surface area contributed by atoms with Crippen LogP contribution in [-0.4, -0.2) is 36.9 Å². The number of unbranched alkanes of at least 4 members (excludes halogenated alkanes) is 1. The molecule has 0 aromatic rings. The molecule has 90 valence electrons. The Morgan fingerprint density at radius 3 is 2.67 bits per heavy atom. The van der Waals surface area contributed by atoms with Crippen LogP contribution in [0.5, 0.6) is 0 Å². The van der Waals surface area contributed by atoms with Crippen LogP contribution < -0.4 is 5.32 Å². The smallest absolute Gasteiger partial charge is 0.323 e. The van der Waals surface area contributed by atoms with E-state index in [9.17, 15) is 4.79 Å². The lowest BCUT2D eigenvalue weighted by Crippen LogP contribution is -2.38. The minimum atomic E-state index is -0.212. The lowest BCUT2D eigenvalue weighted by molar-refractivity contribution is -0.145. The molecule has 0 aromatic carbocycles. The standard InChI is InChI=1S/C11H23NO3/c1-3-5-7-10(11(14)15-4-2)12-8-6-9-13/h10,12-13H,3-9H2,1-2H3/t10-/m0/s1. The first-order valence-electron chi connectivity index (χ1n) is 5.77. The van der Waals surface area contributed by atoms with Crippen LogP contribution in [0.25, 0.3) is 0 Å². The summed E-state index contributed by atoms with van der Waals surface area (Å²) in [6.07, 6.45) is 3.55. The van der Waals surface area contributed by atoms with Crippen LogP contribution in [-0.2, 0) is 9.53 Å². The number of hydrogen-bond donors (Lipinski definition) is 2. The van der Waals surface area contributed by atoms with E-state index < -0.39 is 0 Å². The maximum absolute atomic E-state index is 11.5. The van der Waals surface area contributed by atoms with Crippen LogP contribution in [0, 0.1) is 0 Å². The van der Waals surface area contributed by atoms with Crippen LogP contribution in [0.4, 0.5) is 0 Å². The van der Waals surface area contributed by atoms with Gasteiger partial charge in [0.1, 0.15) is 6.04 Å². The SMILES string of the molecule is CCCC[C@H](NCCCO)C(=O)OCC. The highest BCUT2D eigenvalue weighted by Crippen LogP contribution is 2.02. The molecule has 0 aliphatic heterocycles. The molecule has 0 radical (unpaired) electrons. The van der Waals surface area contributed by atoms with Crippen molar-refractivity contribution in [2.24, 2.45) is 0 Å². The fourth-order valence-corrected chi connectivity index (χ4v) is 1.31. The molecule has 0 bridgehead atoms. The van der Waals surface area contributed by atoms with E-state index in [1.54, 1.807) is 0 Å². The van der Waals surface area contributed by atoms with Gasteiger partial charge in [0.05, 0.1) is 6.61 Å². The molecule has 15 heavy (non-hydrogen) atoms. The number of nitrogens with one attached hydrogen (secondary N) is 1. The van der Waals surface area contributed by atoms with E-state index in [0.717, 1.165) is 19.3 Å². The zero-order valence-corrected chi connectivity index (χ0v) is 9.79. The molecule has 0 heterocycles. The third-order valence-corrected chi connectivity index (χ3v) is 2.14. The lowest BCUT2D eigenvalue weighted by Gasteiger charge is -2.16. The second kappa shape index (κ2) is 9.93. The molecule has 0 amide bonds. The normalized spacial score (nSPS) is 12.5. The highest BCUT2D eigenvalue weighted by atomic mass is 16.5. The molecule has 0 unspecified atom stereocenters. The molecule has 0 rings (SSSR count). The second-order valence-corrected chi connectivity index (χ2v) is 3.48. The van der Waals surface area contributed by atoms with Crippen molar-refractivity contribution >= 4 is 5.97 Å². The molecule has 0 fully saturated rings. The van der Waals surface area contributed by atoms with Crippen LogP contribution in [0.3, 0.4) is 0 Å². The Kier molecular flexibility index (Phi) is 9.52. The number of aliphatic hydroxyl groups is 1. The number of carbonyl (C=O) groups is 1. The minimum Gasteiger partial charge on any atom is -0.465 e. The molecule has 0 spiro atoms.